The van der Waals surface area contributed by atoms with Crippen molar-refractivity contribution in [1.82, 2.24) is 0 Å². The van der Waals surface area contributed by atoms with Crippen LogP contribution in [0, 0.1) is 40.4 Å². The van der Waals surface area contributed by atoms with Crippen LogP contribution in [0.2, 0.25) is 0 Å². The van der Waals surface area contributed by atoms with Gasteiger partial charge in [-0.3, -0.25) is 18.7 Å². The van der Waals surface area contributed by atoms with Crippen LogP contribution in [0.1, 0.15) is 72.1 Å². The highest BCUT2D eigenvalue weighted by atomic mass is 32.3. The standard InChI is InChI=1S/C30H46O16S2/c1-14(2)9-22(32)44-25-24(46-48(39,40)41)23(45-47(36,37)38)20(13-31)43-28(25)42-17-10-18(27(34)35)19-7-8-30-11-16(15(3)26(30)33)5-6-21(30)29(19,4)12-17/h14,16-21,23-26,28,31,33H,3,5-13H2,1-2,4H3,(H,34,35)(H,36,37,38)(H,39,40,41)/t16-,17-,18?,19-,20-,21+,23-,24+,25-,26+,28-,29-,30-/m1/s1. The van der Waals surface area contributed by atoms with E-state index < -0.39 is 99.0 Å². The first-order chi connectivity index (χ1) is 22.2. The number of hydrogen-bond acceptors (Lipinski definition) is 13. The number of hydrogen-bond donors (Lipinski definition) is 5. The summed E-state index contributed by atoms with van der Waals surface area (Å²) in [7, 11) is -10.8. The van der Waals surface area contributed by atoms with E-state index in [4.69, 9.17) is 18.4 Å². The maximum atomic E-state index is 12.9. The number of esters is 1. The van der Waals surface area contributed by atoms with Crippen molar-refractivity contribution in [3.63, 3.8) is 0 Å². The van der Waals surface area contributed by atoms with Crippen molar-refractivity contribution in [1.29, 1.82) is 0 Å². The van der Waals surface area contributed by atoms with Crippen molar-refractivity contribution in [2.45, 2.75) is 115 Å². The summed E-state index contributed by atoms with van der Waals surface area (Å²) < 4.78 is 93.5. The molecule has 13 atom stereocenters. The van der Waals surface area contributed by atoms with Gasteiger partial charge in [0.2, 0.25) is 0 Å². The number of aliphatic hydroxyl groups is 2. The van der Waals surface area contributed by atoms with Crippen LogP contribution in [0.5, 0.6) is 0 Å². The van der Waals surface area contributed by atoms with Crippen molar-refractivity contribution in [3.05, 3.63) is 12.2 Å². The summed E-state index contributed by atoms with van der Waals surface area (Å²) in [4.78, 5) is 25.7. The lowest BCUT2D eigenvalue weighted by Gasteiger charge is -2.62. The maximum absolute atomic E-state index is 12.9. The Labute approximate surface area is 280 Å². The number of rotatable bonds is 11. The topological polar surface area (TPSA) is 250 Å². The Kier molecular flexibility index (Phi) is 10.5. The van der Waals surface area contributed by atoms with Gasteiger partial charge in [0.25, 0.3) is 0 Å². The number of fused-ring (bicyclic) bond motifs is 3. The normalized spacial score (nSPS) is 43.0. The highest BCUT2D eigenvalue weighted by Crippen LogP contribution is 2.70. The zero-order chi connectivity index (χ0) is 35.6. The van der Waals surface area contributed by atoms with Gasteiger partial charge in [0.1, 0.15) is 12.2 Å². The van der Waals surface area contributed by atoms with E-state index in [1.807, 2.05) is 6.92 Å². The molecule has 4 saturated carbocycles. The van der Waals surface area contributed by atoms with Crippen LogP contribution < -0.4 is 0 Å². The summed E-state index contributed by atoms with van der Waals surface area (Å²) in [5, 5.41) is 32.0. The molecule has 0 aromatic heterocycles. The molecular formula is C30H46O16S2. The molecule has 5 rings (SSSR count). The Morgan fingerprint density at radius 1 is 1.02 bits per heavy atom. The lowest BCUT2D eigenvalue weighted by Crippen LogP contribution is -2.64. The Morgan fingerprint density at radius 3 is 2.25 bits per heavy atom. The first kappa shape index (κ1) is 37.5. The molecule has 5 N–H and O–H groups in total. The quantitative estimate of drug-likeness (QED) is 0.0879. The van der Waals surface area contributed by atoms with Gasteiger partial charge in [-0.25, -0.2) is 8.37 Å². The van der Waals surface area contributed by atoms with Gasteiger partial charge in [-0.1, -0.05) is 27.4 Å². The lowest BCUT2D eigenvalue weighted by molar-refractivity contribution is -0.316. The van der Waals surface area contributed by atoms with Crippen LogP contribution in [0.25, 0.3) is 0 Å². The predicted octanol–water partition coefficient (Wildman–Crippen LogP) is 1.67. The van der Waals surface area contributed by atoms with Gasteiger partial charge in [0, 0.05) is 11.8 Å². The van der Waals surface area contributed by atoms with Crippen LogP contribution in [-0.2, 0) is 53.0 Å². The average Bonchev–Trinajstić information content (AvgIpc) is 3.12. The van der Waals surface area contributed by atoms with E-state index in [2.05, 4.69) is 10.8 Å². The fraction of sp³-hybridized carbons (Fsp3) is 0.867. The molecule has 48 heavy (non-hydrogen) atoms. The summed E-state index contributed by atoms with van der Waals surface area (Å²) in [6.45, 7) is 8.52. The molecule has 1 unspecified atom stereocenters. The van der Waals surface area contributed by atoms with Crippen molar-refractivity contribution in [2.24, 2.45) is 40.4 Å². The Bertz CT molecular complexity index is 1480. The van der Waals surface area contributed by atoms with E-state index in [-0.39, 0.29) is 42.9 Å². The molecule has 18 heteroatoms. The van der Waals surface area contributed by atoms with Crippen molar-refractivity contribution in [2.75, 3.05) is 6.61 Å². The Morgan fingerprint density at radius 2 is 1.67 bits per heavy atom. The minimum Gasteiger partial charge on any atom is -0.481 e. The Hall–Kier alpha value is -1.74. The second-order valence-corrected chi connectivity index (χ2v) is 16.9. The largest absolute Gasteiger partial charge is 0.481 e. The monoisotopic (exact) mass is 726 g/mol. The molecule has 1 aliphatic heterocycles. The second kappa shape index (κ2) is 13.4. The summed E-state index contributed by atoms with van der Waals surface area (Å²) in [5.41, 5.74) is -0.319. The van der Waals surface area contributed by atoms with Gasteiger partial charge in [0.05, 0.1) is 24.7 Å². The molecule has 0 aromatic rings. The number of carboxylic acid groups (broad SMARTS) is 1. The molecule has 0 amide bonds. The predicted molar refractivity (Wildman–Crippen MR) is 162 cm³/mol. The molecule has 4 aliphatic carbocycles. The third-order valence-electron chi connectivity index (χ3n) is 11.5. The summed E-state index contributed by atoms with van der Waals surface area (Å²) >= 11 is 0. The maximum Gasteiger partial charge on any atom is 0.397 e. The third-order valence-corrected chi connectivity index (χ3v) is 12.4. The molecule has 1 saturated heterocycles. The molecule has 5 aliphatic rings. The van der Waals surface area contributed by atoms with E-state index in [0.717, 1.165) is 24.8 Å². The molecule has 0 radical (unpaired) electrons. The first-order valence-electron chi connectivity index (χ1n) is 16.2. The van der Waals surface area contributed by atoms with Gasteiger partial charge < -0.3 is 29.5 Å². The summed E-state index contributed by atoms with van der Waals surface area (Å²) in [6, 6.07) is 0. The van der Waals surface area contributed by atoms with Crippen LogP contribution in [0.15, 0.2) is 12.2 Å². The number of carboxylic acids is 1. The smallest absolute Gasteiger partial charge is 0.397 e. The number of carbonyl (C=O) groups is 2. The van der Waals surface area contributed by atoms with Crippen molar-refractivity contribution >= 4 is 32.7 Å². The van der Waals surface area contributed by atoms with Gasteiger partial charge in [-0.15, -0.1) is 0 Å². The van der Waals surface area contributed by atoms with Crippen molar-refractivity contribution in [3.8, 4) is 0 Å². The molecule has 16 nitrogen and oxygen atoms in total. The van der Waals surface area contributed by atoms with Crippen LogP contribution in [0.3, 0.4) is 0 Å². The van der Waals surface area contributed by atoms with E-state index >= 15 is 0 Å². The number of aliphatic hydroxyl groups excluding tert-OH is 2. The Balaban J connectivity index is 1.51. The number of carbonyl (C=O) groups excluding carboxylic acids is 1. The molecule has 5 fully saturated rings. The molecule has 1 spiro atoms. The van der Waals surface area contributed by atoms with Gasteiger partial charge in [0.15, 0.2) is 18.5 Å². The zero-order valence-corrected chi connectivity index (χ0v) is 28.7. The van der Waals surface area contributed by atoms with Crippen LogP contribution >= 0.6 is 0 Å². The molecule has 2 bridgehead atoms. The van der Waals surface area contributed by atoms with E-state index in [9.17, 15) is 50.8 Å². The average molecular weight is 727 g/mol. The highest BCUT2D eigenvalue weighted by Gasteiger charge is 2.67. The molecule has 0 aromatic carbocycles. The minimum absolute atomic E-state index is 0.0156. The molecular weight excluding hydrogens is 680 g/mol. The van der Waals surface area contributed by atoms with E-state index in [1.54, 1.807) is 13.8 Å². The lowest BCUT2D eigenvalue weighted by atomic mass is 9.43. The number of ether oxygens (including phenoxy) is 3. The van der Waals surface area contributed by atoms with Gasteiger partial charge in [-0.2, -0.15) is 16.8 Å². The first-order valence-corrected chi connectivity index (χ1v) is 18.9. The number of aliphatic carboxylic acids is 1. The fourth-order valence-corrected chi connectivity index (χ4v) is 10.8. The van der Waals surface area contributed by atoms with Crippen LogP contribution in [-0.4, -0.2) is 103 Å². The summed E-state index contributed by atoms with van der Waals surface area (Å²) in [6.07, 6.45) is -7.93. The van der Waals surface area contributed by atoms with Crippen LogP contribution in [0.4, 0.5) is 0 Å². The second-order valence-electron chi connectivity index (χ2n) is 14.8. The third kappa shape index (κ3) is 7.20. The van der Waals surface area contributed by atoms with Gasteiger partial charge >= 0.3 is 32.7 Å². The summed E-state index contributed by atoms with van der Waals surface area (Å²) in [5.74, 6) is -3.25. The van der Waals surface area contributed by atoms with E-state index in [0.29, 0.717) is 12.8 Å². The fourth-order valence-electron chi connectivity index (χ4n) is 9.82. The van der Waals surface area contributed by atoms with E-state index in [1.165, 1.54) is 0 Å². The minimum atomic E-state index is -5.42. The van der Waals surface area contributed by atoms with Gasteiger partial charge in [-0.05, 0) is 79.6 Å². The highest BCUT2D eigenvalue weighted by molar-refractivity contribution is 7.81. The molecule has 274 valence electrons. The SMILES string of the molecule is C=C1[C@@H]2CC[C@H]3[C@]4(C)C[C@H](O[C@@H]5O[C@H](CO)[C@@H](OS(=O)(=O)O)[C@H](OS(=O)(=O)O)[C@H]5OC(=O)CC(C)C)CC(C(=O)O)[C@H]4CC[C@]3(C2)[C@H]1O. The molecule has 1 heterocycles. The zero-order valence-electron chi connectivity index (χ0n) is 27.0. The van der Waals surface area contributed by atoms with Crippen molar-refractivity contribution < 1.29 is 73.4 Å².